The molecule has 0 spiro atoms. The third-order valence-corrected chi connectivity index (χ3v) is 15.1. The zero-order chi connectivity index (χ0) is 48.4. The SMILES string of the molecule is COC(=O)NC1C(=O)C[C@H](O)/C(=C/CS(C)(=S)=S)C2=C1C#C/C=C\C#C[C@@H]2OC1OC(C)C(SC)(C(=O)c2nccc3c2[nH]c2ccc(F)cc23)C(O)C1OC1CC(OC)C(NC(C)C)CO1. The molecule has 67 heavy (non-hydrogen) atoms. The van der Waals surface area contributed by atoms with Crippen molar-refractivity contribution in [1.29, 1.82) is 0 Å². The number of benzene rings is 1. The molecule has 2 aliphatic carbocycles. The van der Waals surface area contributed by atoms with Crippen LogP contribution >= 0.6 is 11.8 Å². The molecule has 20 heteroatoms. The zero-order valence-electron chi connectivity index (χ0n) is 37.8. The van der Waals surface area contributed by atoms with Gasteiger partial charge in [0, 0.05) is 65.4 Å². The molecular formula is C47H53FN4O11S4. The molecule has 2 aliphatic heterocycles. The number of nitrogens with zero attached hydrogens (tertiary/aromatic N) is 1. The van der Waals surface area contributed by atoms with E-state index >= 15 is 4.79 Å². The summed E-state index contributed by atoms with van der Waals surface area (Å²) in [6.07, 6.45) is -1.95. The van der Waals surface area contributed by atoms with Gasteiger partial charge < -0.3 is 54.3 Å². The van der Waals surface area contributed by atoms with Crippen molar-refractivity contribution in [1.82, 2.24) is 20.6 Å². The Labute approximate surface area is 402 Å². The lowest BCUT2D eigenvalue weighted by atomic mass is 9.83. The molecule has 1 amide bonds. The molecule has 5 N–H and O–H groups in total. The maximum atomic E-state index is 15.3. The number of H-pyrrole nitrogens is 1. The topological polar surface area (TPSA) is 200 Å². The monoisotopic (exact) mass is 996 g/mol. The molecule has 4 heterocycles. The lowest BCUT2D eigenvalue weighted by Gasteiger charge is -2.51. The van der Waals surface area contributed by atoms with Gasteiger partial charge in [0.2, 0.25) is 5.78 Å². The molecule has 9 unspecified atom stereocenters. The van der Waals surface area contributed by atoms with Gasteiger partial charge in [-0.3, -0.25) is 14.6 Å². The molecule has 2 saturated heterocycles. The second-order valence-corrected chi connectivity index (χ2v) is 25.2. The average Bonchev–Trinajstić information content (AvgIpc) is 3.65. The number of allylic oxidation sites excluding steroid dienone is 2. The molecule has 0 radical (unpaired) electrons. The molecule has 7 rings (SSSR count). The number of ether oxygens (including phenoxy) is 6. The fraction of sp³-hybridized carbons (Fsp3) is 0.489. The standard InChI is InChI=1S/C47H53FN4O11S4/c1-24(2)50-32-23-60-37(22-36(32)58-4)63-42-44(56)47(66-6,43(55)41-40-27(16-18-49-41)30-20-26(48)14-15-31(30)51-40)25(3)61-45(42)62-35-13-11-9-8-10-12-29-38(35)28(17-19-67(7,64)65)33(53)21-34(54)39(29)52-46(57)59-5/h8-9,14-18,20,24-25,32-33,35-37,39,42,44-45,50-51,53,56H,19,21-23H2,1-7H3,(H,52,57)/b9-8-,28-17-/t25?,32?,33-,35-,36?,37?,39?,42?,44?,45?,47?/m0/s1. The number of halogens is 1. The third kappa shape index (κ3) is 10.7. The van der Waals surface area contributed by atoms with E-state index in [9.17, 15) is 24.2 Å². The summed E-state index contributed by atoms with van der Waals surface area (Å²) >= 11 is 12.2. The first-order valence-electron chi connectivity index (χ1n) is 21.5. The van der Waals surface area contributed by atoms with E-state index in [1.54, 1.807) is 44.8 Å². The maximum absolute atomic E-state index is 15.3. The van der Waals surface area contributed by atoms with E-state index in [0.29, 0.717) is 21.8 Å². The fourth-order valence-electron chi connectivity index (χ4n) is 8.92. The molecule has 4 aliphatic rings. The van der Waals surface area contributed by atoms with Crippen molar-refractivity contribution >= 4 is 80.8 Å². The largest absolute Gasteiger partial charge is 0.453 e. The van der Waals surface area contributed by atoms with Crippen LogP contribution in [0.2, 0.25) is 0 Å². The van der Waals surface area contributed by atoms with Gasteiger partial charge in [0.15, 0.2) is 18.4 Å². The number of carbonyl (C=O) groups is 3. The van der Waals surface area contributed by atoms with Gasteiger partial charge >= 0.3 is 6.09 Å². The maximum Gasteiger partial charge on any atom is 0.407 e. The number of aliphatic hydroxyl groups excluding tert-OH is 2. The van der Waals surface area contributed by atoms with Crippen molar-refractivity contribution in [2.75, 3.05) is 39.1 Å². The van der Waals surface area contributed by atoms with Crippen molar-refractivity contribution in [3.63, 3.8) is 0 Å². The van der Waals surface area contributed by atoms with Crippen molar-refractivity contribution in [3.05, 3.63) is 76.9 Å². The van der Waals surface area contributed by atoms with Gasteiger partial charge in [-0.05, 0) is 83.8 Å². The second-order valence-electron chi connectivity index (χ2n) is 16.9. The number of pyridine rings is 1. The summed E-state index contributed by atoms with van der Waals surface area (Å²) in [7, 11) is 0.677. The van der Waals surface area contributed by atoms with Crippen LogP contribution in [-0.4, -0.2) is 149 Å². The van der Waals surface area contributed by atoms with E-state index in [1.165, 1.54) is 30.5 Å². The smallest absolute Gasteiger partial charge is 0.407 e. The van der Waals surface area contributed by atoms with E-state index in [-0.39, 0.29) is 53.3 Å². The normalized spacial score (nSPS) is 31.1. The van der Waals surface area contributed by atoms with Gasteiger partial charge in [-0.2, -0.15) is 0 Å². The van der Waals surface area contributed by atoms with Crippen LogP contribution in [0.25, 0.3) is 21.8 Å². The van der Waals surface area contributed by atoms with Gasteiger partial charge in [0.25, 0.3) is 0 Å². The number of aromatic nitrogens is 2. The van der Waals surface area contributed by atoms with Crippen molar-refractivity contribution in [2.24, 2.45) is 0 Å². The molecule has 358 valence electrons. The minimum atomic E-state index is -2.05. The summed E-state index contributed by atoms with van der Waals surface area (Å²) in [6, 6.07) is 4.42. The van der Waals surface area contributed by atoms with Gasteiger partial charge in [0.05, 0.1) is 43.6 Å². The number of thioether (sulfide) groups is 1. The molecule has 2 fully saturated rings. The highest BCUT2D eigenvalue weighted by Crippen LogP contribution is 2.46. The minimum Gasteiger partial charge on any atom is -0.453 e. The van der Waals surface area contributed by atoms with Gasteiger partial charge in [-0.1, -0.05) is 50.8 Å². The number of ketones is 2. The van der Waals surface area contributed by atoms with Gasteiger partial charge in [0.1, 0.15) is 40.6 Å². The number of Topliss-reactive ketones (excluding diaryl/α,β-unsaturated/α-hetero) is 2. The lowest BCUT2D eigenvalue weighted by Crippen LogP contribution is -2.68. The Kier molecular flexibility index (Phi) is 16.1. The number of fused-ring (bicyclic) bond motifs is 3. The van der Waals surface area contributed by atoms with Crippen LogP contribution in [0.15, 0.2) is 65.4 Å². The van der Waals surface area contributed by atoms with Crippen LogP contribution < -0.4 is 10.6 Å². The van der Waals surface area contributed by atoms with Crippen LogP contribution in [0.1, 0.15) is 44.1 Å². The van der Waals surface area contributed by atoms with Crippen molar-refractivity contribution in [3.8, 4) is 23.7 Å². The predicted octanol–water partition coefficient (Wildman–Crippen LogP) is 3.71. The molecule has 0 bridgehead atoms. The molecule has 2 aromatic heterocycles. The van der Waals surface area contributed by atoms with Crippen LogP contribution in [0.4, 0.5) is 9.18 Å². The average molecular weight is 997 g/mol. The molecule has 3 aromatic rings. The fourth-order valence-corrected chi connectivity index (χ4v) is 10.9. The van der Waals surface area contributed by atoms with Gasteiger partial charge in [-0.15, -0.1) is 11.8 Å². The number of hydrogen-bond donors (Lipinski definition) is 5. The Morgan fingerprint density at radius 2 is 1.93 bits per heavy atom. The Hall–Kier alpha value is -4.13. The number of alkyl carbamates (subject to hydrolysis) is 1. The Morgan fingerprint density at radius 1 is 1.16 bits per heavy atom. The van der Waals surface area contributed by atoms with Crippen molar-refractivity contribution in [2.45, 2.75) is 106 Å². The highest BCUT2D eigenvalue weighted by atomic mass is 33.1. The first-order chi connectivity index (χ1) is 31.9. The molecule has 15 nitrogen and oxygen atoms in total. The highest BCUT2D eigenvalue weighted by Gasteiger charge is 2.61. The third-order valence-electron chi connectivity index (χ3n) is 12.1. The molecule has 11 atom stereocenters. The summed E-state index contributed by atoms with van der Waals surface area (Å²) in [5, 5.41) is 31.9. The number of aromatic amines is 1. The summed E-state index contributed by atoms with van der Waals surface area (Å²) in [5.74, 6) is 10.4. The number of aliphatic hydroxyl groups is 2. The molecular weight excluding hydrogens is 944 g/mol. The number of amides is 1. The summed E-state index contributed by atoms with van der Waals surface area (Å²) in [4.78, 5) is 49.8. The summed E-state index contributed by atoms with van der Waals surface area (Å²) in [6.45, 7) is 5.80. The predicted molar refractivity (Wildman–Crippen MR) is 259 cm³/mol. The van der Waals surface area contributed by atoms with E-state index < -0.39 is 97.0 Å². The zero-order valence-corrected chi connectivity index (χ0v) is 41.1. The minimum absolute atomic E-state index is 0.0250. The van der Waals surface area contributed by atoms with E-state index in [2.05, 4.69) is 44.3 Å². The number of carbonyl (C=O) groups excluding carboxylic acids is 3. The van der Waals surface area contributed by atoms with Crippen LogP contribution in [0.3, 0.4) is 0 Å². The number of nitrogens with one attached hydrogen (secondary N) is 3. The summed E-state index contributed by atoms with van der Waals surface area (Å²) < 4.78 is 50.1. The number of methoxy groups -OCH3 is 2. The molecule has 1 aromatic carbocycles. The van der Waals surface area contributed by atoms with E-state index in [0.717, 1.165) is 18.9 Å². The van der Waals surface area contributed by atoms with Gasteiger partial charge in [-0.25, -0.2) is 9.18 Å². The first-order valence-corrected chi connectivity index (χ1v) is 26.7. The van der Waals surface area contributed by atoms with Crippen LogP contribution in [0.5, 0.6) is 0 Å². The van der Waals surface area contributed by atoms with E-state index in [1.807, 2.05) is 13.8 Å². The van der Waals surface area contributed by atoms with E-state index in [4.69, 9.17) is 50.8 Å². The van der Waals surface area contributed by atoms with Crippen LogP contribution in [-0.2, 0) is 62.7 Å². The second kappa shape index (κ2) is 21.2. The Balaban J connectivity index is 1.36. The summed E-state index contributed by atoms with van der Waals surface area (Å²) in [5.41, 5.74) is 1.25. The molecule has 0 saturated carbocycles. The first kappa shape index (κ1) is 50.7. The number of hydrogen-bond acceptors (Lipinski definition) is 16. The lowest BCUT2D eigenvalue weighted by molar-refractivity contribution is -0.322. The van der Waals surface area contributed by atoms with Crippen molar-refractivity contribution < 1.29 is 57.4 Å². The number of rotatable bonds is 13. The Bertz CT molecular complexity index is 2760. The van der Waals surface area contributed by atoms with Crippen LogP contribution in [0, 0.1) is 29.5 Å². The quantitative estimate of drug-likeness (QED) is 0.123. The highest BCUT2D eigenvalue weighted by molar-refractivity contribution is 8.56. The Morgan fingerprint density at radius 3 is 2.63 bits per heavy atom.